The maximum absolute atomic E-state index is 13.6. The Morgan fingerprint density at radius 3 is 2.58 bits per heavy atom. The summed E-state index contributed by atoms with van der Waals surface area (Å²) in [6, 6.07) is 5.05. The molecular weight excluding hydrogens is 399 g/mol. The summed E-state index contributed by atoms with van der Waals surface area (Å²) in [7, 11) is 3.38. The molecule has 4 rings (SSSR count). The lowest BCUT2D eigenvalue weighted by Gasteiger charge is -2.37. The van der Waals surface area contributed by atoms with Crippen molar-refractivity contribution in [2.24, 2.45) is 17.6 Å². The summed E-state index contributed by atoms with van der Waals surface area (Å²) >= 11 is 0. The summed E-state index contributed by atoms with van der Waals surface area (Å²) in [6.07, 6.45) is 4.26. The third-order valence-electron chi connectivity index (χ3n) is 6.87. The van der Waals surface area contributed by atoms with Crippen LogP contribution in [0.2, 0.25) is 0 Å². The smallest absolute Gasteiger partial charge is 0.240 e. The van der Waals surface area contributed by atoms with Gasteiger partial charge in [0.2, 0.25) is 11.8 Å². The first-order chi connectivity index (χ1) is 14.9. The molecule has 2 aliphatic rings. The van der Waals surface area contributed by atoms with Gasteiger partial charge in [0.1, 0.15) is 12.5 Å². The third-order valence-corrected chi connectivity index (χ3v) is 6.87. The van der Waals surface area contributed by atoms with Crippen LogP contribution < -0.4 is 5.73 Å². The summed E-state index contributed by atoms with van der Waals surface area (Å²) < 4.78 is 15.5. The number of halogens is 1. The number of hydrogen-bond acceptors (Lipinski definition) is 5. The summed E-state index contributed by atoms with van der Waals surface area (Å²) in [5.74, 6) is -0.698. The molecule has 1 saturated heterocycles. The number of carbonyl (C=O) groups is 2. The van der Waals surface area contributed by atoms with Crippen molar-refractivity contribution in [1.82, 2.24) is 24.4 Å². The highest BCUT2D eigenvalue weighted by molar-refractivity contribution is 5.90. The number of aromatic nitrogens is 3. The summed E-state index contributed by atoms with van der Waals surface area (Å²) in [5, 5.41) is 4.35. The van der Waals surface area contributed by atoms with E-state index in [0.29, 0.717) is 18.9 Å². The predicted molar refractivity (Wildman–Crippen MR) is 114 cm³/mol. The highest BCUT2D eigenvalue weighted by Crippen LogP contribution is 2.40. The van der Waals surface area contributed by atoms with E-state index in [1.165, 1.54) is 9.80 Å². The van der Waals surface area contributed by atoms with Crippen LogP contribution in [-0.2, 0) is 9.59 Å². The van der Waals surface area contributed by atoms with Gasteiger partial charge >= 0.3 is 0 Å². The van der Waals surface area contributed by atoms with Gasteiger partial charge in [-0.1, -0.05) is 6.07 Å². The second-order valence-corrected chi connectivity index (χ2v) is 9.05. The molecule has 2 N–H and O–H groups in total. The lowest BCUT2D eigenvalue weighted by Crippen LogP contribution is -2.54. The minimum Gasteiger partial charge on any atom is -0.349 e. The van der Waals surface area contributed by atoms with Gasteiger partial charge in [-0.05, 0) is 50.2 Å². The van der Waals surface area contributed by atoms with Crippen LogP contribution in [0.15, 0.2) is 24.5 Å². The van der Waals surface area contributed by atoms with Crippen LogP contribution in [0.4, 0.5) is 4.39 Å². The molecule has 0 spiro atoms. The van der Waals surface area contributed by atoms with E-state index < -0.39 is 18.1 Å². The summed E-state index contributed by atoms with van der Waals surface area (Å²) in [6.45, 7) is 0.440. The Hall–Kier alpha value is -2.55. The maximum Gasteiger partial charge on any atom is 0.240 e. The summed E-state index contributed by atoms with van der Waals surface area (Å²) in [5.41, 5.74) is 8.32. The zero-order chi connectivity index (χ0) is 22.1. The Balaban J connectivity index is 1.49. The van der Waals surface area contributed by atoms with E-state index in [9.17, 15) is 14.0 Å². The summed E-state index contributed by atoms with van der Waals surface area (Å²) in [4.78, 5) is 33.2. The van der Waals surface area contributed by atoms with Crippen molar-refractivity contribution < 1.29 is 14.0 Å². The number of carbonyl (C=O) groups excluding carboxylic acids is 2. The molecular formula is C22H31FN6O2. The van der Waals surface area contributed by atoms with Crippen LogP contribution in [0, 0.1) is 11.8 Å². The average molecular weight is 431 g/mol. The zero-order valence-electron chi connectivity index (χ0n) is 18.2. The molecule has 168 valence electrons. The van der Waals surface area contributed by atoms with Crippen molar-refractivity contribution in [2.45, 2.75) is 50.2 Å². The molecule has 1 unspecified atom stereocenters. The molecule has 2 aromatic rings. The molecule has 8 nitrogen and oxygen atoms in total. The van der Waals surface area contributed by atoms with Crippen molar-refractivity contribution in [3.63, 3.8) is 0 Å². The Kier molecular flexibility index (Phi) is 6.22. The fraction of sp³-hybridized carbons (Fsp3) is 0.636. The molecule has 0 bridgehead atoms. The number of amides is 2. The monoisotopic (exact) mass is 430 g/mol. The lowest BCUT2D eigenvalue weighted by atomic mass is 9.72. The molecule has 2 aromatic heterocycles. The fourth-order valence-corrected chi connectivity index (χ4v) is 5.18. The van der Waals surface area contributed by atoms with E-state index in [-0.39, 0.29) is 24.3 Å². The molecule has 2 fully saturated rings. The van der Waals surface area contributed by atoms with Crippen LogP contribution in [0.3, 0.4) is 0 Å². The second kappa shape index (κ2) is 8.90. The van der Waals surface area contributed by atoms with Crippen LogP contribution in [-0.4, -0.2) is 75.6 Å². The molecule has 1 saturated carbocycles. The van der Waals surface area contributed by atoms with E-state index in [2.05, 4.69) is 16.1 Å². The van der Waals surface area contributed by atoms with Gasteiger partial charge in [-0.3, -0.25) is 9.59 Å². The van der Waals surface area contributed by atoms with Gasteiger partial charge in [-0.2, -0.15) is 5.10 Å². The molecule has 0 radical (unpaired) electrons. The first-order valence-electron chi connectivity index (χ1n) is 11.0. The van der Waals surface area contributed by atoms with Gasteiger partial charge in [0.15, 0.2) is 5.65 Å². The van der Waals surface area contributed by atoms with Crippen molar-refractivity contribution in [2.75, 3.05) is 27.2 Å². The van der Waals surface area contributed by atoms with Gasteiger partial charge in [0, 0.05) is 32.3 Å². The number of likely N-dealkylation sites (tertiary alicyclic amines) is 1. The highest BCUT2D eigenvalue weighted by Gasteiger charge is 2.42. The zero-order valence-corrected chi connectivity index (χ0v) is 18.2. The largest absolute Gasteiger partial charge is 0.349 e. The third kappa shape index (κ3) is 4.28. The van der Waals surface area contributed by atoms with Gasteiger partial charge < -0.3 is 15.5 Å². The Morgan fingerprint density at radius 2 is 1.94 bits per heavy atom. The number of pyridine rings is 1. The predicted octanol–water partition coefficient (Wildman–Crippen LogP) is 1.61. The van der Waals surface area contributed by atoms with Crippen LogP contribution in [0.5, 0.6) is 0 Å². The van der Waals surface area contributed by atoms with Crippen molar-refractivity contribution in [3.8, 4) is 0 Å². The van der Waals surface area contributed by atoms with Crippen molar-refractivity contribution in [1.29, 1.82) is 0 Å². The number of rotatable bonds is 5. The normalized spacial score (nSPS) is 26.1. The average Bonchev–Trinajstić information content (AvgIpc) is 3.42. The number of alkyl halides is 1. The van der Waals surface area contributed by atoms with E-state index in [1.807, 2.05) is 16.6 Å². The van der Waals surface area contributed by atoms with E-state index in [4.69, 9.17) is 5.73 Å². The Bertz CT molecular complexity index is 939. The quantitative estimate of drug-likeness (QED) is 0.777. The van der Waals surface area contributed by atoms with Gasteiger partial charge in [-0.15, -0.1) is 0 Å². The second-order valence-electron chi connectivity index (χ2n) is 9.05. The first-order valence-corrected chi connectivity index (χ1v) is 11.0. The van der Waals surface area contributed by atoms with Crippen LogP contribution in [0.1, 0.15) is 43.7 Å². The molecule has 9 heteroatoms. The number of hydrogen-bond donors (Lipinski definition) is 1. The van der Waals surface area contributed by atoms with Crippen LogP contribution in [0.25, 0.3) is 5.65 Å². The minimum atomic E-state index is -1.01. The molecule has 1 aliphatic heterocycles. The molecule has 1 aliphatic carbocycles. The molecule has 31 heavy (non-hydrogen) atoms. The van der Waals surface area contributed by atoms with Crippen molar-refractivity contribution >= 4 is 17.5 Å². The fourth-order valence-electron chi connectivity index (χ4n) is 5.18. The molecule has 2 amide bonds. The SMILES string of the molecule is CN(C)C(=O)C(C1CCC(c2cccc3ncnn23)CC1)[C@H](N)C(=O)N1CC[C@H](F)C1. The topological polar surface area (TPSA) is 96.8 Å². The highest BCUT2D eigenvalue weighted by atomic mass is 19.1. The molecule has 3 atom stereocenters. The van der Waals surface area contributed by atoms with Gasteiger partial charge in [-0.25, -0.2) is 13.9 Å². The van der Waals surface area contributed by atoms with E-state index >= 15 is 0 Å². The number of fused-ring (bicyclic) bond motifs is 1. The molecule has 0 aromatic carbocycles. The van der Waals surface area contributed by atoms with E-state index in [1.54, 1.807) is 20.4 Å². The number of nitrogens with two attached hydrogens (primary N) is 1. The van der Waals surface area contributed by atoms with E-state index in [0.717, 1.165) is 37.0 Å². The first kappa shape index (κ1) is 21.7. The van der Waals surface area contributed by atoms with Gasteiger partial charge in [0.05, 0.1) is 18.5 Å². The maximum atomic E-state index is 13.6. The molecule has 3 heterocycles. The van der Waals surface area contributed by atoms with Crippen molar-refractivity contribution in [3.05, 3.63) is 30.2 Å². The lowest BCUT2D eigenvalue weighted by molar-refractivity contribution is -0.143. The Labute approximate surface area is 181 Å². The Morgan fingerprint density at radius 1 is 1.19 bits per heavy atom. The van der Waals surface area contributed by atoms with Crippen LogP contribution >= 0.6 is 0 Å². The minimum absolute atomic E-state index is 0.0174. The standard InChI is InChI=1S/C22H31FN6O2/c1-27(2)21(30)19(20(24)22(31)28-11-10-16(23)12-28)15-8-6-14(7-9-15)17-4-3-5-18-25-13-26-29(17)18/h3-5,13-16,19-20H,6-12,24H2,1-2H3/t14?,15?,16-,19?,20-/m0/s1. The number of nitrogens with zero attached hydrogens (tertiary/aromatic N) is 5. The van der Waals surface area contributed by atoms with Gasteiger partial charge in [0.25, 0.3) is 0 Å².